The van der Waals surface area contributed by atoms with Crippen LogP contribution >= 0.6 is 0 Å². The molecule has 0 aromatic rings. The molecule has 2 N–H and O–H groups in total. The van der Waals surface area contributed by atoms with Crippen LogP contribution in [0.1, 0.15) is 26.7 Å². The molecule has 0 amide bonds. The SMILES string of the molecule is COCC(CN)(C1CC1)N(C)C(C)C. The molecular weight excluding hydrogens is 176 g/mol. The van der Waals surface area contributed by atoms with Crippen molar-refractivity contribution in [2.45, 2.75) is 38.3 Å². The molecule has 1 fully saturated rings. The third-order valence-corrected chi connectivity index (χ3v) is 3.56. The van der Waals surface area contributed by atoms with Gasteiger partial charge in [0.05, 0.1) is 12.1 Å². The van der Waals surface area contributed by atoms with Gasteiger partial charge in [0.2, 0.25) is 0 Å². The van der Waals surface area contributed by atoms with Gasteiger partial charge in [0.15, 0.2) is 0 Å². The lowest BCUT2D eigenvalue weighted by atomic mass is 9.91. The van der Waals surface area contributed by atoms with Crippen LogP contribution in [0.5, 0.6) is 0 Å². The smallest absolute Gasteiger partial charge is 0.0661 e. The van der Waals surface area contributed by atoms with Gasteiger partial charge in [-0.3, -0.25) is 4.90 Å². The Balaban J connectivity index is 2.76. The van der Waals surface area contributed by atoms with Crippen LogP contribution in [0.25, 0.3) is 0 Å². The maximum absolute atomic E-state index is 5.95. The lowest BCUT2D eigenvalue weighted by Gasteiger charge is -2.43. The van der Waals surface area contributed by atoms with Gasteiger partial charge in [-0.15, -0.1) is 0 Å². The molecule has 0 aliphatic heterocycles. The maximum Gasteiger partial charge on any atom is 0.0661 e. The number of rotatable bonds is 6. The van der Waals surface area contributed by atoms with Gasteiger partial charge in [-0.05, 0) is 39.7 Å². The first kappa shape index (κ1) is 12.0. The maximum atomic E-state index is 5.95. The topological polar surface area (TPSA) is 38.5 Å². The van der Waals surface area contributed by atoms with Crippen molar-refractivity contribution in [1.29, 1.82) is 0 Å². The fourth-order valence-electron chi connectivity index (χ4n) is 2.26. The molecule has 0 heterocycles. The number of ether oxygens (including phenoxy) is 1. The van der Waals surface area contributed by atoms with Gasteiger partial charge in [-0.25, -0.2) is 0 Å². The number of nitrogens with zero attached hydrogens (tertiary/aromatic N) is 1. The first-order valence-corrected chi connectivity index (χ1v) is 5.50. The summed E-state index contributed by atoms with van der Waals surface area (Å²) in [5, 5.41) is 0. The van der Waals surface area contributed by atoms with Crippen molar-refractivity contribution < 1.29 is 4.74 Å². The Bertz CT molecular complexity index is 180. The zero-order valence-corrected chi connectivity index (χ0v) is 9.92. The predicted molar refractivity (Wildman–Crippen MR) is 59.3 cm³/mol. The van der Waals surface area contributed by atoms with E-state index in [1.165, 1.54) is 12.8 Å². The molecule has 1 rings (SSSR count). The van der Waals surface area contributed by atoms with Gasteiger partial charge >= 0.3 is 0 Å². The molecular formula is C11H24N2O. The summed E-state index contributed by atoms with van der Waals surface area (Å²) >= 11 is 0. The highest BCUT2D eigenvalue weighted by Crippen LogP contribution is 2.43. The predicted octanol–water partition coefficient (Wildman–Crippen LogP) is 1.08. The van der Waals surface area contributed by atoms with Crippen molar-refractivity contribution in [3.05, 3.63) is 0 Å². The second-order valence-corrected chi connectivity index (χ2v) is 4.72. The van der Waals surface area contributed by atoms with Crippen LogP contribution in [0.3, 0.4) is 0 Å². The number of hydrogen-bond acceptors (Lipinski definition) is 3. The lowest BCUT2D eigenvalue weighted by Crippen LogP contribution is -2.59. The standard InChI is InChI=1S/C11H24N2O/c1-9(2)13(3)11(7-12,8-14-4)10-5-6-10/h9-10H,5-8,12H2,1-4H3. The highest BCUT2D eigenvalue weighted by molar-refractivity contribution is 5.03. The quantitative estimate of drug-likeness (QED) is 0.697. The minimum Gasteiger partial charge on any atom is -0.383 e. The summed E-state index contributed by atoms with van der Waals surface area (Å²) in [5.41, 5.74) is 6.02. The molecule has 0 bridgehead atoms. The van der Waals surface area contributed by atoms with E-state index in [9.17, 15) is 0 Å². The van der Waals surface area contributed by atoms with Crippen LogP contribution in [0.4, 0.5) is 0 Å². The lowest BCUT2D eigenvalue weighted by molar-refractivity contribution is -0.00166. The van der Waals surface area contributed by atoms with Crippen molar-refractivity contribution in [3.63, 3.8) is 0 Å². The van der Waals surface area contributed by atoms with E-state index in [4.69, 9.17) is 10.5 Å². The molecule has 0 saturated heterocycles. The second kappa shape index (κ2) is 4.60. The third-order valence-electron chi connectivity index (χ3n) is 3.56. The fourth-order valence-corrected chi connectivity index (χ4v) is 2.26. The molecule has 3 nitrogen and oxygen atoms in total. The number of nitrogens with two attached hydrogens (primary N) is 1. The molecule has 1 unspecified atom stereocenters. The zero-order chi connectivity index (χ0) is 10.8. The van der Waals surface area contributed by atoms with Crippen molar-refractivity contribution >= 4 is 0 Å². The molecule has 1 aliphatic carbocycles. The average Bonchev–Trinajstić information content (AvgIpc) is 2.96. The molecule has 1 aliphatic rings. The van der Waals surface area contributed by atoms with Gasteiger partial charge in [0.25, 0.3) is 0 Å². The van der Waals surface area contributed by atoms with Crippen LogP contribution in [-0.4, -0.2) is 43.8 Å². The Morgan fingerprint density at radius 3 is 2.36 bits per heavy atom. The Labute approximate surface area is 87.6 Å². The summed E-state index contributed by atoms with van der Waals surface area (Å²) in [5.74, 6) is 0.736. The zero-order valence-electron chi connectivity index (χ0n) is 9.92. The number of likely N-dealkylation sites (N-methyl/N-ethyl adjacent to an activating group) is 1. The van der Waals surface area contributed by atoms with Gasteiger partial charge < -0.3 is 10.5 Å². The summed E-state index contributed by atoms with van der Waals surface area (Å²) in [6.07, 6.45) is 2.61. The highest BCUT2D eigenvalue weighted by atomic mass is 16.5. The van der Waals surface area contributed by atoms with E-state index < -0.39 is 0 Å². The molecule has 0 radical (unpaired) electrons. The van der Waals surface area contributed by atoms with Crippen molar-refractivity contribution in [2.75, 3.05) is 27.3 Å². The van der Waals surface area contributed by atoms with Gasteiger partial charge in [0.1, 0.15) is 0 Å². The van der Waals surface area contributed by atoms with E-state index >= 15 is 0 Å². The second-order valence-electron chi connectivity index (χ2n) is 4.72. The van der Waals surface area contributed by atoms with Crippen LogP contribution in [0.2, 0.25) is 0 Å². The minimum absolute atomic E-state index is 0.0723. The summed E-state index contributed by atoms with van der Waals surface area (Å²) < 4.78 is 5.35. The van der Waals surface area contributed by atoms with Gasteiger partial charge in [-0.1, -0.05) is 0 Å². The Morgan fingerprint density at radius 1 is 1.50 bits per heavy atom. The first-order chi connectivity index (χ1) is 6.58. The molecule has 1 atom stereocenters. The van der Waals surface area contributed by atoms with E-state index in [1.54, 1.807) is 7.11 Å². The first-order valence-electron chi connectivity index (χ1n) is 5.50. The molecule has 0 spiro atoms. The van der Waals surface area contributed by atoms with E-state index in [2.05, 4.69) is 25.8 Å². The average molecular weight is 200 g/mol. The fraction of sp³-hybridized carbons (Fsp3) is 1.00. The van der Waals surface area contributed by atoms with Crippen molar-refractivity contribution in [3.8, 4) is 0 Å². The van der Waals surface area contributed by atoms with Crippen LogP contribution < -0.4 is 5.73 Å². The molecule has 0 aromatic heterocycles. The molecule has 84 valence electrons. The normalized spacial score (nSPS) is 21.6. The number of hydrogen-bond donors (Lipinski definition) is 1. The summed E-state index contributed by atoms with van der Waals surface area (Å²) in [6.45, 7) is 5.87. The van der Waals surface area contributed by atoms with E-state index in [0.717, 1.165) is 12.5 Å². The van der Waals surface area contributed by atoms with E-state index in [1.807, 2.05) is 0 Å². The molecule has 0 aromatic carbocycles. The van der Waals surface area contributed by atoms with Crippen LogP contribution in [0, 0.1) is 5.92 Å². The van der Waals surface area contributed by atoms with Gasteiger partial charge in [0, 0.05) is 19.7 Å². The van der Waals surface area contributed by atoms with Crippen molar-refractivity contribution in [1.82, 2.24) is 4.90 Å². The Kier molecular flexibility index (Phi) is 3.93. The largest absolute Gasteiger partial charge is 0.383 e. The van der Waals surface area contributed by atoms with Crippen LogP contribution in [0.15, 0.2) is 0 Å². The monoisotopic (exact) mass is 200 g/mol. The van der Waals surface area contributed by atoms with Crippen LogP contribution in [-0.2, 0) is 4.74 Å². The molecule has 3 heteroatoms. The molecule has 1 saturated carbocycles. The summed E-state index contributed by atoms with van der Waals surface area (Å²) in [6, 6.07) is 0.522. The third kappa shape index (κ3) is 2.10. The number of methoxy groups -OCH3 is 1. The van der Waals surface area contributed by atoms with E-state index in [-0.39, 0.29) is 5.54 Å². The molecule has 14 heavy (non-hydrogen) atoms. The Hall–Kier alpha value is -0.120. The van der Waals surface area contributed by atoms with Crippen molar-refractivity contribution in [2.24, 2.45) is 11.7 Å². The highest BCUT2D eigenvalue weighted by Gasteiger charge is 2.47. The summed E-state index contributed by atoms with van der Waals surface area (Å²) in [7, 11) is 3.93. The Morgan fingerprint density at radius 2 is 2.07 bits per heavy atom. The minimum atomic E-state index is 0.0723. The summed E-state index contributed by atoms with van der Waals surface area (Å²) in [4.78, 5) is 2.38. The van der Waals surface area contributed by atoms with E-state index in [0.29, 0.717) is 12.6 Å². The van der Waals surface area contributed by atoms with Gasteiger partial charge in [-0.2, -0.15) is 0 Å².